The molecule has 6 aromatic heterocycles. The normalized spacial score (nSPS) is 9.94. The van der Waals surface area contributed by atoms with Crippen LogP contribution in [0.3, 0.4) is 0 Å². The molecule has 0 spiro atoms. The van der Waals surface area contributed by atoms with Crippen molar-refractivity contribution >= 4 is 51.4 Å². The Morgan fingerprint density at radius 2 is 0.626 bits per heavy atom. The van der Waals surface area contributed by atoms with Crippen LogP contribution in [0.25, 0.3) is 89.2 Å². The number of anilines is 2. The number of furan rings is 2. The first kappa shape index (κ1) is 108. The van der Waals surface area contributed by atoms with Crippen molar-refractivity contribution in [3.05, 3.63) is 501 Å². The quantitative estimate of drug-likeness (QED) is 0.0546. The van der Waals surface area contributed by atoms with Crippen molar-refractivity contribution in [3.8, 4) is 89.4 Å². The number of hydrogen-bond acceptors (Lipinski definition) is 14. The second-order valence-corrected chi connectivity index (χ2v) is 31.4. The summed E-state index contributed by atoms with van der Waals surface area (Å²) in [6, 6.07) is 153. The smallest absolute Gasteiger partial charge is 0.491 e. The monoisotopic (exact) mass is 1990 g/mol. The number of methoxy groups -OCH3 is 4. The fourth-order valence-electron chi connectivity index (χ4n) is 14.0. The average Bonchev–Trinajstić information content (AvgIpc) is 1.61. The van der Waals surface area contributed by atoms with Gasteiger partial charge in [0.25, 0.3) is 0 Å². The van der Waals surface area contributed by atoms with Crippen molar-refractivity contribution in [3.63, 3.8) is 0 Å². The summed E-state index contributed by atoms with van der Waals surface area (Å²) in [5, 5.41) is 26.5. The Morgan fingerprint density at radius 3 is 0.863 bits per heavy atom. The number of benzene rings is 14. The summed E-state index contributed by atoms with van der Waals surface area (Å²) in [7, 11) is 5.40. The molecule has 20 rings (SSSR count). The van der Waals surface area contributed by atoms with E-state index in [1.54, 1.807) is 41.0 Å². The summed E-state index contributed by atoms with van der Waals surface area (Å²) >= 11 is 3.51. The Labute approximate surface area is 842 Å². The third-order valence-electron chi connectivity index (χ3n) is 20.8. The standard InChI is InChI=1S/C24H28N4O3.C20H25BrN4O2.4C12H10.4C6H5.C4H5BO3.Pd/c1-6-27(10-12-29-4)22-13-16(2)25-24-23(17(3)26-28(22)24)20-8-7-18(14-21(20)30-5)19-9-11-31-15-19;1-6-24(9-10-26-4)18-11-13(2)22-20-19(14(3)23-25(18)20)16-8-7-15(21)12-17(16)27-5;4*1-3-7-11(8-4-1)12-9-5-2-6-10-12;4*1-2-4-6-5-3-1;6-5(7)4-1-2-8-3-4;/h7-9,11,13-15H,6,10,12H2,1-5H3;7-8,11-12H,6,9-10H2,1-5H3;4*1-10H;4*1-5H;1-3,6-7H;/q;;;;;;4*-1;;. The zero-order valence-electron chi connectivity index (χ0n) is 80.2. The van der Waals surface area contributed by atoms with Crippen molar-refractivity contribution in [1.82, 2.24) is 29.2 Å². The Morgan fingerprint density at radius 1 is 0.338 bits per heavy atom. The molecule has 0 aliphatic carbocycles. The molecular formula is C120H118BBrN8O8Pd-4. The molecular weight excluding hydrogens is 1880 g/mol. The van der Waals surface area contributed by atoms with Gasteiger partial charge in [-0.05, 0) is 134 Å². The Balaban J connectivity index is 0.000000180. The van der Waals surface area contributed by atoms with E-state index < -0.39 is 7.12 Å². The number of aryl methyl sites for hydroxylation is 4. The van der Waals surface area contributed by atoms with Gasteiger partial charge in [-0.2, -0.15) is 165 Å². The zero-order chi connectivity index (χ0) is 97.4. The van der Waals surface area contributed by atoms with Crippen LogP contribution < -0.4 is 24.7 Å². The van der Waals surface area contributed by atoms with Gasteiger partial charge >= 0.3 is 7.12 Å². The van der Waals surface area contributed by atoms with E-state index in [2.05, 4.69) is 287 Å². The summed E-state index contributed by atoms with van der Waals surface area (Å²) in [6.07, 6.45) is 6.06. The van der Waals surface area contributed by atoms with Gasteiger partial charge in [-0.1, -0.05) is 265 Å². The number of likely N-dealkylation sites (N-methyl/N-ethyl adjacent to an activating group) is 2. The Bertz CT molecular complexity index is 5920. The summed E-state index contributed by atoms with van der Waals surface area (Å²) in [5.41, 5.74) is 21.9. The maximum Gasteiger partial charge on any atom is 0.491 e. The van der Waals surface area contributed by atoms with Crippen LogP contribution in [0.2, 0.25) is 0 Å². The van der Waals surface area contributed by atoms with Crippen molar-refractivity contribution in [1.29, 1.82) is 0 Å². The number of halogens is 1. The predicted molar refractivity (Wildman–Crippen MR) is 571 cm³/mol. The van der Waals surface area contributed by atoms with E-state index in [4.69, 9.17) is 53.6 Å². The van der Waals surface area contributed by atoms with Crippen molar-refractivity contribution in [2.24, 2.45) is 0 Å². The van der Waals surface area contributed by atoms with Crippen molar-refractivity contribution in [2.45, 2.75) is 41.5 Å². The van der Waals surface area contributed by atoms with Gasteiger partial charge in [-0.15, -0.1) is 0 Å². The molecule has 0 unspecified atom stereocenters. The van der Waals surface area contributed by atoms with Crippen molar-refractivity contribution in [2.75, 3.05) is 77.6 Å². The maximum atomic E-state index is 8.41. The Kier molecular flexibility index (Phi) is 48.1. The number of rotatable bonds is 20. The molecule has 6 heterocycles. The van der Waals surface area contributed by atoms with E-state index in [0.29, 0.717) is 18.7 Å². The molecule has 0 bridgehead atoms. The summed E-state index contributed by atoms with van der Waals surface area (Å²) in [6.45, 7) is 16.9. The molecule has 20 aromatic rings. The summed E-state index contributed by atoms with van der Waals surface area (Å²) in [4.78, 5) is 14.2. The summed E-state index contributed by atoms with van der Waals surface area (Å²) < 4.78 is 36.6. The van der Waals surface area contributed by atoms with E-state index in [0.717, 1.165) is 121 Å². The number of fused-ring (bicyclic) bond motifs is 2. The molecule has 0 aliphatic rings. The van der Waals surface area contributed by atoms with Crippen LogP contribution in [0.15, 0.2) is 463 Å². The molecule has 0 aliphatic heterocycles. The topological polar surface area (TPSA) is 171 Å². The van der Waals surface area contributed by atoms with E-state index in [1.165, 1.54) is 63.1 Å². The third-order valence-corrected chi connectivity index (χ3v) is 21.3. The van der Waals surface area contributed by atoms with Gasteiger partial charge in [0, 0.05) is 111 Å². The van der Waals surface area contributed by atoms with Gasteiger partial charge in [0.1, 0.15) is 23.1 Å². The van der Waals surface area contributed by atoms with E-state index in [9.17, 15) is 0 Å². The van der Waals surface area contributed by atoms with Gasteiger partial charge in [0.15, 0.2) is 11.3 Å². The third kappa shape index (κ3) is 35.6. The van der Waals surface area contributed by atoms with Crippen LogP contribution in [0.5, 0.6) is 11.5 Å². The van der Waals surface area contributed by atoms with Crippen LogP contribution in [-0.4, -0.2) is 114 Å². The van der Waals surface area contributed by atoms with Gasteiger partial charge in [0.05, 0.1) is 75.0 Å². The average molecular weight is 2000 g/mol. The predicted octanol–water partition coefficient (Wildman–Crippen LogP) is 27.3. The van der Waals surface area contributed by atoms with Crippen molar-refractivity contribution < 1.29 is 58.3 Å². The van der Waals surface area contributed by atoms with E-state index >= 15 is 0 Å². The largest absolute Gasteiger partial charge is 0.496 e. The Hall–Kier alpha value is -14.9. The van der Waals surface area contributed by atoms with E-state index in [1.807, 2.05) is 237 Å². The minimum Gasteiger partial charge on any atom is -0.496 e. The number of aromatic nitrogens is 6. The molecule has 0 saturated carbocycles. The number of nitrogens with zero attached hydrogens (tertiary/aromatic N) is 8. The summed E-state index contributed by atoms with van der Waals surface area (Å²) in [5.74, 6) is 3.58. The fourth-order valence-corrected chi connectivity index (χ4v) is 14.4. The second kappa shape index (κ2) is 62.0. The first-order valence-electron chi connectivity index (χ1n) is 45.4. The van der Waals surface area contributed by atoms with Crippen LogP contribution in [0.1, 0.15) is 36.6 Å². The molecule has 0 fully saturated rings. The van der Waals surface area contributed by atoms with E-state index in [-0.39, 0.29) is 20.4 Å². The molecule has 0 radical (unpaired) electrons. The molecule has 2 N–H and O–H groups in total. The second-order valence-electron chi connectivity index (χ2n) is 30.5. The van der Waals surface area contributed by atoms with Gasteiger partial charge < -0.3 is 47.6 Å². The first-order valence-corrected chi connectivity index (χ1v) is 46.2. The van der Waals surface area contributed by atoms with Crippen LogP contribution in [0.4, 0.5) is 11.6 Å². The van der Waals surface area contributed by atoms with Crippen LogP contribution in [0, 0.1) is 52.0 Å². The van der Waals surface area contributed by atoms with Gasteiger partial charge in [-0.3, -0.25) is 0 Å². The molecule has 139 heavy (non-hydrogen) atoms. The zero-order valence-corrected chi connectivity index (χ0v) is 83.3. The molecule has 14 aromatic carbocycles. The molecule has 0 saturated heterocycles. The number of ether oxygens (including phenoxy) is 4. The minimum absolute atomic E-state index is 0. The van der Waals surface area contributed by atoms with Gasteiger partial charge in [0.2, 0.25) is 0 Å². The molecule has 710 valence electrons. The molecule has 19 heteroatoms. The first-order chi connectivity index (χ1) is 67.7. The van der Waals surface area contributed by atoms with Crippen LogP contribution in [-0.2, 0) is 29.9 Å². The SMILES string of the molecule is CCN(CCOC)c1cc(C)nc2c(-c3ccc(-c4ccoc4)cc3OC)c(C)nn12.CCN(CCOC)c1cc(C)nc2c(-c3ccc(Br)cc3OC)c(C)nn12.OB(O)c1ccoc1.[Pd].[c-]1ccccc1.[c-]1ccccc1.[c-]1ccccc1.[c-]1ccccc1.c1ccc(-c2ccccc2)cc1.c1ccc(-c2ccccc2)cc1.c1ccc(-c2ccccc2)cc1.c1ccc(-c2ccccc2)cc1. The molecule has 0 atom stereocenters. The minimum atomic E-state index is -1.41. The van der Waals surface area contributed by atoms with Gasteiger partial charge in [-0.25, -0.2) is 9.97 Å². The van der Waals surface area contributed by atoms with Crippen LogP contribution >= 0.6 is 15.9 Å². The molecule has 0 amide bonds. The maximum absolute atomic E-state index is 8.41. The fraction of sp³-hybridized carbons (Fsp3) is 0.133. The molecule has 16 nitrogen and oxygen atoms in total. The number of hydrogen-bond donors (Lipinski definition) is 2.